The lowest BCUT2D eigenvalue weighted by molar-refractivity contribution is -0.120. The van der Waals surface area contributed by atoms with Crippen LogP contribution < -0.4 is 10.6 Å². The zero-order valence-corrected chi connectivity index (χ0v) is 9.78. The smallest absolute Gasteiger partial charge is 0.217 e. The van der Waals surface area contributed by atoms with E-state index in [1.54, 1.807) is 6.92 Å². The summed E-state index contributed by atoms with van der Waals surface area (Å²) in [4.78, 5) is 13.3. The minimum atomic E-state index is -0.239. The molecule has 0 bridgehead atoms. The summed E-state index contributed by atoms with van der Waals surface area (Å²) in [6.07, 6.45) is 1.74. The zero-order chi connectivity index (χ0) is 11.5. The third-order valence-electron chi connectivity index (χ3n) is 3.56. The van der Waals surface area contributed by atoms with Gasteiger partial charge < -0.3 is 15.7 Å². The average Bonchev–Trinajstić information content (AvgIpc) is 2.65. The fourth-order valence-electron chi connectivity index (χ4n) is 2.69. The summed E-state index contributed by atoms with van der Waals surface area (Å²) in [6, 6.07) is 0.582. The lowest BCUT2D eigenvalue weighted by Crippen LogP contribution is -2.51. The standard InChI is InChI=1S/C11H21N3O2/c1-8(15)13-9-2-4-14(5-3-9)10-6-12-7-11(10)16/h9-12,16H,2-7H2,1H3,(H,13,15). The first-order valence-corrected chi connectivity index (χ1v) is 6.07. The summed E-state index contributed by atoms with van der Waals surface area (Å²) >= 11 is 0. The number of hydrogen-bond acceptors (Lipinski definition) is 4. The molecule has 0 aromatic rings. The molecule has 16 heavy (non-hydrogen) atoms. The van der Waals surface area contributed by atoms with Crippen molar-refractivity contribution in [3.05, 3.63) is 0 Å². The van der Waals surface area contributed by atoms with Crippen LogP contribution in [0.25, 0.3) is 0 Å². The van der Waals surface area contributed by atoms with E-state index in [-0.39, 0.29) is 18.1 Å². The van der Waals surface area contributed by atoms with Gasteiger partial charge >= 0.3 is 0 Å². The summed E-state index contributed by atoms with van der Waals surface area (Å²) < 4.78 is 0. The van der Waals surface area contributed by atoms with Crippen LogP contribution in [0.15, 0.2) is 0 Å². The number of likely N-dealkylation sites (tertiary alicyclic amines) is 1. The highest BCUT2D eigenvalue weighted by Gasteiger charge is 2.32. The van der Waals surface area contributed by atoms with Crippen LogP contribution in [-0.4, -0.2) is 60.3 Å². The van der Waals surface area contributed by atoms with Crippen LogP contribution in [0.1, 0.15) is 19.8 Å². The first-order chi connectivity index (χ1) is 7.66. The number of piperidine rings is 1. The van der Waals surface area contributed by atoms with Crippen molar-refractivity contribution < 1.29 is 9.90 Å². The highest BCUT2D eigenvalue weighted by atomic mass is 16.3. The van der Waals surface area contributed by atoms with E-state index in [1.807, 2.05) is 0 Å². The lowest BCUT2D eigenvalue weighted by atomic mass is 10.0. The molecule has 3 N–H and O–H groups in total. The molecule has 2 fully saturated rings. The highest BCUT2D eigenvalue weighted by molar-refractivity contribution is 5.73. The molecule has 2 rings (SSSR count). The number of hydrogen-bond donors (Lipinski definition) is 3. The average molecular weight is 227 g/mol. The summed E-state index contributed by atoms with van der Waals surface area (Å²) in [7, 11) is 0. The summed E-state index contributed by atoms with van der Waals surface area (Å²) in [5, 5.41) is 15.9. The van der Waals surface area contributed by atoms with Crippen molar-refractivity contribution in [2.75, 3.05) is 26.2 Å². The molecule has 5 nitrogen and oxygen atoms in total. The van der Waals surface area contributed by atoms with Gasteiger partial charge in [-0.3, -0.25) is 9.69 Å². The van der Waals surface area contributed by atoms with Crippen molar-refractivity contribution in [3.8, 4) is 0 Å². The number of nitrogens with one attached hydrogen (secondary N) is 2. The monoisotopic (exact) mass is 227 g/mol. The van der Waals surface area contributed by atoms with E-state index in [0.29, 0.717) is 12.6 Å². The molecule has 2 saturated heterocycles. The normalized spacial score (nSPS) is 32.9. The van der Waals surface area contributed by atoms with Crippen LogP contribution in [-0.2, 0) is 4.79 Å². The molecule has 92 valence electrons. The maximum atomic E-state index is 10.9. The molecule has 0 radical (unpaired) electrons. The summed E-state index contributed by atoms with van der Waals surface area (Å²) in [5.41, 5.74) is 0. The maximum absolute atomic E-state index is 10.9. The predicted molar refractivity (Wildman–Crippen MR) is 61.1 cm³/mol. The highest BCUT2D eigenvalue weighted by Crippen LogP contribution is 2.17. The largest absolute Gasteiger partial charge is 0.390 e. The Bertz CT molecular complexity index is 252. The number of carbonyl (C=O) groups excluding carboxylic acids is 1. The predicted octanol–water partition coefficient (Wildman–Crippen LogP) is -1.08. The second kappa shape index (κ2) is 5.12. The van der Waals surface area contributed by atoms with Crippen molar-refractivity contribution in [1.82, 2.24) is 15.5 Å². The van der Waals surface area contributed by atoms with Crippen molar-refractivity contribution in [1.29, 1.82) is 0 Å². The number of nitrogens with zero attached hydrogens (tertiary/aromatic N) is 1. The Morgan fingerprint density at radius 3 is 2.56 bits per heavy atom. The van der Waals surface area contributed by atoms with Gasteiger partial charge in [0.2, 0.25) is 5.91 Å². The second-order valence-electron chi connectivity index (χ2n) is 4.80. The van der Waals surface area contributed by atoms with Crippen molar-refractivity contribution >= 4 is 5.91 Å². The quantitative estimate of drug-likeness (QED) is 0.561. The molecule has 1 amide bonds. The van der Waals surface area contributed by atoms with Gasteiger partial charge in [0.25, 0.3) is 0 Å². The van der Waals surface area contributed by atoms with Crippen LogP contribution in [0.2, 0.25) is 0 Å². The van der Waals surface area contributed by atoms with Crippen LogP contribution in [0.3, 0.4) is 0 Å². The Kier molecular flexibility index (Phi) is 3.78. The first kappa shape index (κ1) is 11.8. The van der Waals surface area contributed by atoms with Crippen molar-refractivity contribution in [2.45, 2.75) is 38.0 Å². The third-order valence-corrected chi connectivity index (χ3v) is 3.56. The van der Waals surface area contributed by atoms with Gasteiger partial charge in [0.15, 0.2) is 0 Å². The minimum absolute atomic E-state index is 0.0565. The Morgan fingerprint density at radius 1 is 1.38 bits per heavy atom. The molecule has 0 aromatic carbocycles. The Morgan fingerprint density at radius 2 is 2.06 bits per heavy atom. The van der Waals surface area contributed by atoms with E-state index >= 15 is 0 Å². The number of β-amino-alcohol motifs (C(OH)–C–C–N with tert-alkyl or cyclic N) is 1. The van der Waals surface area contributed by atoms with Gasteiger partial charge in [0, 0.05) is 45.2 Å². The molecule has 2 unspecified atom stereocenters. The zero-order valence-electron chi connectivity index (χ0n) is 9.78. The number of carbonyl (C=O) groups is 1. The molecular formula is C11H21N3O2. The number of aliphatic hydroxyl groups is 1. The van der Waals surface area contributed by atoms with Gasteiger partial charge in [-0.05, 0) is 12.8 Å². The van der Waals surface area contributed by atoms with Gasteiger partial charge in [-0.25, -0.2) is 0 Å². The van der Waals surface area contributed by atoms with E-state index in [9.17, 15) is 9.90 Å². The molecule has 5 heteroatoms. The van der Waals surface area contributed by atoms with E-state index in [0.717, 1.165) is 32.5 Å². The Hall–Kier alpha value is -0.650. The third kappa shape index (κ3) is 2.72. The van der Waals surface area contributed by atoms with Crippen LogP contribution >= 0.6 is 0 Å². The van der Waals surface area contributed by atoms with E-state index in [2.05, 4.69) is 15.5 Å². The number of amides is 1. The Labute approximate surface area is 96.2 Å². The minimum Gasteiger partial charge on any atom is -0.390 e. The molecule has 0 aromatic heterocycles. The van der Waals surface area contributed by atoms with Crippen LogP contribution in [0, 0.1) is 0 Å². The molecule has 0 saturated carbocycles. The van der Waals surface area contributed by atoms with Gasteiger partial charge in [-0.1, -0.05) is 0 Å². The van der Waals surface area contributed by atoms with Crippen molar-refractivity contribution in [3.63, 3.8) is 0 Å². The fourth-order valence-corrected chi connectivity index (χ4v) is 2.69. The molecule has 0 spiro atoms. The fraction of sp³-hybridized carbons (Fsp3) is 0.909. The van der Waals surface area contributed by atoms with Gasteiger partial charge in [-0.15, -0.1) is 0 Å². The molecule has 2 atom stereocenters. The van der Waals surface area contributed by atoms with Crippen LogP contribution in [0.4, 0.5) is 0 Å². The Balaban J connectivity index is 1.78. The topological polar surface area (TPSA) is 64.6 Å². The van der Waals surface area contributed by atoms with Crippen molar-refractivity contribution in [2.24, 2.45) is 0 Å². The van der Waals surface area contributed by atoms with E-state index < -0.39 is 0 Å². The number of aliphatic hydroxyl groups excluding tert-OH is 1. The molecule has 2 aliphatic rings. The second-order valence-corrected chi connectivity index (χ2v) is 4.80. The number of rotatable bonds is 2. The summed E-state index contributed by atoms with van der Waals surface area (Å²) in [6.45, 7) is 5.09. The molecular weight excluding hydrogens is 206 g/mol. The SMILES string of the molecule is CC(=O)NC1CCN(C2CNCC2O)CC1. The molecule has 2 aliphatic heterocycles. The summed E-state index contributed by atoms with van der Waals surface area (Å²) in [5.74, 6) is 0.0565. The van der Waals surface area contributed by atoms with E-state index in [4.69, 9.17) is 0 Å². The van der Waals surface area contributed by atoms with Crippen LogP contribution in [0.5, 0.6) is 0 Å². The molecule has 2 heterocycles. The van der Waals surface area contributed by atoms with Gasteiger partial charge in [0.05, 0.1) is 6.10 Å². The van der Waals surface area contributed by atoms with Gasteiger partial charge in [-0.2, -0.15) is 0 Å². The lowest BCUT2D eigenvalue weighted by Gasteiger charge is -2.36. The maximum Gasteiger partial charge on any atom is 0.217 e. The van der Waals surface area contributed by atoms with E-state index in [1.165, 1.54) is 0 Å². The first-order valence-electron chi connectivity index (χ1n) is 6.07. The molecule has 0 aliphatic carbocycles. The van der Waals surface area contributed by atoms with Gasteiger partial charge in [0.1, 0.15) is 0 Å².